The first-order valence-corrected chi connectivity index (χ1v) is 7.80. The molecule has 3 rings (SSSR count). The zero-order chi connectivity index (χ0) is 13.9. The third-order valence-corrected chi connectivity index (χ3v) is 4.46. The molecule has 1 heterocycles. The van der Waals surface area contributed by atoms with Crippen LogP contribution < -0.4 is 4.90 Å². The number of halogens is 1. The van der Waals surface area contributed by atoms with Crippen molar-refractivity contribution in [3.63, 3.8) is 0 Å². The number of aromatic nitrogens is 1. The lowest BCUT2D eigenvalue weighted by Gasteiger charge is -2.24. The molecule has 0 aliphatic carbocycles. The molecule has 2 aromatic carbocycles. The van der Waals surface area contributed by atoms with Crippen LogP contribution in [0.4, 0.5) is 5.69 Å². The van der Waals surface area contributed by atoms with Crippen molar-refractivity contribution in [2.45, 2.75) is 13.5 Å². The molecule has 0 aliphatic rings. The van der Waals surface area contributed by atoms with Gasteiger partial charge < -0.3 is 4.90 Å². The Labute approximate surface area is 127 Å². The van der Waals surface area contributed by atoms with E-state index in [0.29, 0.717) is 4.47 Å². The molecule has 0 amide bonds. The molecule has 0 spiro atoms. The minimum atomic E-state index is 0.606. The van der Waals surface area contributed by atoms with E-state index in [-0.39, 0.29) is 0 Å². The molecule has 0 fully saturated rings. The number of anilines is 1. The van der Waals surface area contributed by atoms with Crippen molar-refractivity contribution < 1.29 is 0 Å². The number of hydrogen-bond donors (Lipinski definition) is 0. The number of fused-ring (bicyclic) bond motifs is 1. The van der Waals surface area contributed by atoms with Crippen LogP contribution in [-0.4, -0.2) is 11.5 Å². The topological polar surface area (TPSA) is 16.1 Å². The van der Waals surface area contributed by atoms with E-state index < -0.39 is 0 Å². The molecule has 20 heavy (non-hydrogen) atoms. The lowest BCUT2D eigenvalue weighted by Crippen LogP contribution is -2.21. The highest BCUT2D eigenvalue weighted by molar-refractivity contribution is 7.15. The van der Waals surface area contributed by atoms with Crippen molar-refractivity contribution in [1.82, 2.24) is 4.98 Å². The predicted octanol–water partition coefficient (Wildman–Crippen LogP) is 4.98. The van der Waals surface area contributed by atoms with E-state index in [2.05, 4.69) is 59.3 Å². The minimum absolute atomic E-state index is 0.606. The van der Waals surface area contributed by atoms with E-state index in [9.17, 15) is 0 Å². The molecule has 0 bridgehead atoms. The SMILES string of the molecule is CCN(Cc1cnc(Cl)s1)c1cccc2ccccc12. The monoisotopic (exact) mass is 302 g/mol. The summed E-state index contributed by atoms with van der Waals surface area (Å²) < 4.78 is 0.606. The maximum Gasteiger partial charge on any atom is 0.183 e. The van der Waals surface area contributed by atoms with Gasteiger partial charge in [0.25, 0.3) is 0 Å². The Morgan fingerprint density at radius 2 is 1.95 bits per heavy atom. The van der Waals surface area contributed by atoms with Gasteiger partial charge in [-0.3, -0.25) is 0 Å². The van der Waals surface area contributed by atoms with E-state index in [0.717, 1.165) is 13.1 Å². The van der Waals surface area contributed by atoms with Gasteiger partial charge in [-0.15, -0.1) is 11.3 Å². The van der Waals surface area contributed by atoms with Crippen LogP contribution >= 0.6 is 22.9 Å². The molecule has 0 radical (unpaired) electrons. The van der Waals surface area contributed by atoms with Crippen LogP contribution in [0.25, 0.3) is 10.8 Å². The van der Waals surface area contributed by atoms with Gasteiger partial charge in [-0.05, 0) is 18.4 Å². The molecule has 1 aromatic heterocycles. The molecular weight excluding hydrogens is 288 g/mol. The van der Waals surface area contributed by atoms with Crippen molar-refractivity contribution in [2.75, 3.05) is 11.4 Å². The maximum absolute atomic E-state index is 5.92. The van der Waals surface area contributed by atoms with Crippen LogP contribution in [0.2, 0.25) is 4.47 Å². The van der Waals surface area contributed by atoms with Crippen LogP contribution in [0.1, 0.15) is 11.8 Å². The molecule has 0 atom stereocenters. The third kappa shape index (κ3) is 2.65. The highest BCUT2D eigenvalue weighted by Crippen LogP contribution is 2.29. The van der Waals surface area contributed by atoms with Gasteiger partial charge in [-0.2, -0.15) is 0 Å². The molecule has 102 valence electrons. The molecule has 0 N–H and O–H groups in total. The molecule has 3 aromatic rings. The average molecular weight is 303 g/mol. The van der Waals surface area contributed by atoms with E-state index in [1.807, 2.05) is 6.20 Å². The van der Waals surface area contributed by atoms with Gasteiger partial charge in [0.05, 0.1) is 6.54 Å². The van der Waals surface area contributed by atoms with Crippen LogP contribution in [-0.2, 0) is 6.54 Å². The standard InChI is InChI=1S/C16H15ClN2S/c1-2-19(11-13-10-18-16(17)20-13)15-9-5-7-12-6-3-4-8-14(12)15/h3-10H,2,11H2,1H3. The van der Waals surface area contributed by atoms with Crippen LogP contribution in [0.15, 0.2) is 48.7 Å². The Balaban J connectivity index is 1.98. The van der Waals surface area contributed by atoms with Crippen molar-refractivity contribution >= 4 is 39.4 Å². The summed E-state index contributed by atoms with van der Waals surface area (Å²) in [5.74, 6) is 0. The van der Waals surface area contributed by atoms with Gasteiger partial charge in [0, 0.05) is 28.7 Å². The summed E-state index contributed by atoms with van der Waals surface area (Å²) in [6, 6.07) is 14.9. The summed E-state index contributed by atoms with van der Waals surface area (Å²) in [5.41, 5.74) is 1.26. The highest BCUT2D eigenvalue weighted by Gasteiger charge is 2.10. The summed E-state index contributed by atoms with van der Waals surface area (Å²) in [6.45, 7) is 3.96. The van der Waals surface area contributed by atoms with Crippen molar-refractivity contribution in [2.24, 2.45) is 0 Å². The van der Waals surface area contributed by atoms with Gasteiger partial charge in [-0.1, -0.05) is 48.0 Å². The number of rotatable bonds is 4. The predicted molar refractivity (Wildman–Crippen MR) is 87.8 cm³/mol. The van der Waals surface area contributed by atoms with Crippen molar-refractivity contribution in [3.8, 4) is 0 Å². The summed E-state index contributed by atoms with van der Waals surface area (Å²) in [5, 5.41) is 2.55. The van der Waals surface area contributed by atoms with Crippen LogP contribution in [0.3, 0.4) is 0 Å². The summed E-state index contributed by atoms with van der Waals surface area (Å²) in [6.07, 6.45) is 1.86. The van der Waals surface area contributed by atoms with Gasteiger partial charge in [0.2, 0.25) is 0 Å². The Morgan fingerprint density at radius 3 is 2.70 bits per heavy atom. The second-order valence-corrected chi connectivity index (χ2v) is 6.29. The summed E-state index contributed by atoms with van der Waals surface area (Å²) >= 11 is 7.46. The number of thiazole rings is 1. The molecule has 0 saturated heterocycles. The van der Waals surface area contributed by atoms with Crippen LogP contribution in [0.5, 0.6) is 0 Å². The first kappa shape index (κ1) is 13.4. The van der Waals surface area contributed by atoms with Gasteiger partial charge >= 0.3 is 0 Å². The number of nitrogens with zero attached hydrogens (tertiary/aromatic N) is 2. The second-order valence-electron chi connectivity index (χ2n) is 4.59. The fourth-order valence-electron chi connectivity index (χ4n) is 2.40. The zero-order valence-electron chi connectivity index (χ0n) is 11.2. The first-order valence-electron chi connectivity index (χ1n) is 6.61. The molecule has 2 nitrogen and oxygen atoms in total. The smallest absolute Gasteiger partial charge is 0.183 e. The molecule has 4 heteroatoms. The average Bonchev–Trinajstić information content (AvgIpc) is 2.89. The molecule has 0 aliphatic heterocycles. The Morgan fingerprint density at radius 1 is 1.15 bits per heavy atom. The van der Waals surface area contributed by atoms with Gasteiger partial charge in [0.1, 0.15) is 0 Å². The molecule has 0 unspecified atom stereocenters. The quantitative estimate of drug-likeness (QED) is 0.676. The third-order valence-electron chi connectivity index (χ3n) is 3.36. The van der Waals surface area contributed by atoms with E-state index in [1.54, 1.807) is 11.3 Å². The normalized spacial score (nSPS) is 10.9. The Bertz CT molecular complexity index is 718. The van der Waals surface area contributed by atoms with E-state index in [4.69, 9.17) is 11.6 Å². The first-order chi connectivity index (χ1) is 9.78. The molecule has 0 saturated carbocycles. The van der Waals surface area contributed by atoms with Gasteiger partial charge in [0.15, 0.2) is 4.47 Å². The van der Waals surface area contributed by atoms with Crippen LogP contribution in [0, 0.1) is 0 Å². The summed E-state index contributed by atoms with van der Waals surface area (Å²) in [7, 11) is 0. The van der Waals surface area contributed by atoms with E-state index in [1.165, 1.54) is 21.3 Å². The minimum Gasteiger partial charge on any atom is -0.366 e. The number of hydrogen-bond acceptors (Lipinski definition) is 3. The summed E-state index contributed by atoms with van der Waals surface area (Å²) in [4.78, 5) is 7.66. The molecular formula is C16H15ClN2S. The maximum atomic E-state index is 5.92. The van der Waals surface area contributed by atoms with Crippen molar-refractivity contribution in [1.29, 1.82) is 0 Å². The Hall–Kier alpha value is -1.58. The number of benzene rings is 2. The van der Waals surface area contributed by atoms with Gasteiger partial charge in [-0.25, -0.2) is 4.98 Å². The lowest BCUT2D eigenvalue weighted by atomic mass is 10.1. The largest absolute Gasteiger partial charge is 0.366 e. The Kier molecular flexibility index (Phi) is 3.90. The fourth-order valence-corrected chi connectivity index (χ4v) is 3.39. The highest BCUT2D eigenvalue weighted by atomic mass is 35.5. The van der Waals surface area contributed by atoms with E-state index >= 15 is 0 Å². The fraction of sp³-hybridized carbons (Fsp3) is 0.188. The lowest BCUT2D eigenvalue weighted by molar-refractivity contribution is 0.845. The second kappa shape index (κ2) is 5.81. The van der Waals surface area contributed by atoms with Crippen molar-refractivity contribution in [3.05, 3.63) is 58.0 Å². The zero-order valence-corrected chi connectivity index (χ0v) is 12.8.